The van der Waals surface area contributed by atoms with Crippen LogP contribution in [-0.2, 0) is 0 Å². The molecule has 2 rings (SSSR count). The number of aromatic nitrogens is 2. The van der Waals surface area contributed by atoms with E-state index in [-0.39, 0.29) is 0 Å². The van der Waals surface area contributed by atoms with E-state index in [4.69, 9.17) is 5.26 Å². The minimum atomic E-state index is 0.350. The number of anilines is 2. The summed E-state index contributed by atoms with van der Waals surface area (Å²) in [6.07, 6.45) is 3.41. The quantitative estimate of drug-likeness (QED) is 0.838. The van der Waals surface area contributed by atoms with Crippen molar-refractivity contribution in [2.75, 3.05) is 11.6 Å². The van der Waals surface area contributed by atoms with Crippen molar-refractivity contribution in [1.82, 2.24) is 9.97 Å². The van der Waals surface area contributed by atoms with Gasteiger partial charge in [-0.2, -0.15) is 5.26 Å². The van der Waals surface area contributed by atoms with E-state index in [0.717, 1.165) is 5.69 Å². The third-order valence-corrected chi connectivity index (χ3v) is 2.89. The van der Waals surface area contributed by atoms with Crippen molar-refractivity contribution in [3.05, 3.63) is 42.4 Å². The molecule has 0 saturated carbocycles. The zero-order valence-electron chi connectivity index (χ0n) is 9.21. The minimum Gasteiger partial charge on any atom is -0.340 e. The molecule has 0 aliphatic heterocycles. The Balaban J connectivity index is 2.16. The number of rotatable bonds is 3. The maximum absolute atomic E-state index is 8.73. The van der Waals surface area contributed by atoms with E-state index < -0.39 is 0 Å². The van der Waals surface area contributed by atoms with Gasteiger partial charge in [0.15, 0.2) is 0 Å². The highest BCUT2D eigenvalue weighted by molar-refractivity contribution is 7.98. The summed E-state index contributed by atoms with van der Waals surface area (Å²) in [5.74, 6) is 0.619. The molecule has 2 aromatic rings. The van der Waals surface area contributed by atoms with Crippen LogP contribution in [0.5, 0.6) is 0 Å². The smallest absolute Gasteiger partial charge is 0.145 e. The predicted octanol–water partition coefficient (Wildman–Crippen LogP) is 2.81. The Hall–Kier alpha value is -2.06. The predicted molar refractivity (Wildman–Crippen MR) is 68.3 cm³/mol. The Morgan fingerprint density at radius 1 is 1.24 bits per heavy atom. The second-order valence-corrected chi connectivity index (χ2v) is 4.13. The molecular weight excluding hydrogens is 232 g/mol. The first kappa shape index (κ1) is 11.4. The van der Waals surface area contributed by atoms with Crippen LogP contribution in [0, 0.1) is 11.3 Å². The zero-order chi connectivity index (χ0) is 12.1. The lowest BCUT2D eigenvalue weighted by Crippen LogP contribution is -1.95. The van der Waals surface area contributed by atoms with Gasteiger partial charge in [-0.1, -0.05) is 0 Å². The van der Waals surface area contributed by atoms with Crippen LogP contribution in [0.2, 0.25) is 0 Å². The average molecular weight is 242 g/mol. The van der Waals surface area contributed by atoms with Crippen molar-refractivity contribution in [1.29, 1.82) is 5.26 Å². The first-order valence-electron chi connectivity index (χ1n) is 4.95. The van der Waals surface area contributed by atoms with Crippen LogP contribution >= 0.6 is 11.8 Å². The van der Waals surface area contributed by atoms with Crippen LogP contribution in [-0.4, -0.2) is 16.2 Å². The molecule has 0 atom stereocenters. The van der Waals surface area contributed by atoms with Gasteiger partial charge in [0.1, 0.15) is 23.9 Å². The van der Waals surface area contributed by atoms with Gasteiger partial charge in [0.25, 0.3) is 0 Å². The SMILES string of the molecule is CSc1ccc(Nc2cc(C#N)ncn2)cc1. The molecule has 0 aliphatic rings. The fourth-order valence-electron chi connectivity index (χ4n) is 1.31. The summed E-state index contributed by atoms with van der Waals surface area (Å²) >= 11 is 1.69. The summed E-state index contributed by atoms with van der Waals surface area (Å²) in [6, 6.07) is 11.6. The number of hydrogen-bond donors (Lipinski definition) is 1. The van der Waals surface area contributed by atoms with Crippen LogP contribution in [0.1, 0.15) is 5.69 Å². The maximum atomic E-state index is 8.73. The van der Waals surface area contributed by atoms with E-state index in [2.05, 4.69) is 15.3 Å². The monoisotopic (exact) mass is 242 g/mol. The molecule has 1 aromatic carbocycles. The first-order chi connectivity index (χ1) is 8.31. The molecule has 0 bridgehead atoms. The number of nitriles is 1. The van der Waals surface area contributed by atoms with Crippen molar-refractivity contribution in [3.63, 3.8) is 0 Å². The molecule has 0 saturated heterocycles. The van der Waals surface area contributed by atoms with Crippen LogP contribution in [0.15, 0.2) is 41.6 Å². The van der Waals surface area contributed by atoms with Crippen LogP contribution in [0.4, 0.5) is 11.5 Å². The summed E-state index contributed by atoms with van der Waals surface area (Å²) in [6.45, 7) is 0. The lowest BCUT2D eigenvalue weighted by atomic mass is 10.3. The number of thioether (sulfide) groups is 1. The highest BCUT2D eigenvalue weighted by Gasteiger charge is 1.98. The lowest BCUT2D eigenvalue weighted by Gasteiger charge is -2.05. The second-order valence-electron chi connectivity index (χ2n) is 3.25. The summed E-state index contributed by atoms with van der Waals surface area (Å²) in [5, 5.41) is 11.8. The zero-order valence-corrected chi connectivity index (χ0v) is 10.0. The highest BCUT2D eigenvalue weighted by Crippen LogP contribution is 2.19. The normalized spacial score (nSPS) is 9.65. The van der Waals surface area contributed by atoms with Gasteiger partial charge in [-0.25, -0.2) is 9.97 Å². The Morgan fingerprint density at radius 2 is 2.00 bits per heavy atom. The number of nitrogens with one attached hydrogen (secondary N) is 1. The van der Waals surface area contributed by atoms with E-state index >= 15 is 0 Å². The van der Waals surface area contributed by atoms with E-state index in [0.29, 0.717) is 11.5 Å². The van der Waals surface area contributed by atoms with Crippen molar-refractivity contribution in [3.8, 4) is 6.07 Å². The third kappa shape index (κ3) is 2.95. The molecule has 17 heavy (non-hydrogen) atoms. The Labute approximate surface area is 104 Å². The van der Waals surface area contributed by atoms with Crippen LogP contribution < -0.4 is 5.32 Å². The molecule has 0 amide bonds. The summed E-state index contributed by atoms with van der Waals surface area (Å²) in [7, 11) is 0. The molecule has 1 aromatic heterocycles. The summed E-state index contributed by atoms with van der Waals surface area (Å²) in [5.41, 5.74) is 1.29. The second kappa shape index (κ2) is 5.32. The third-order valence-electron chi connectivity index (χ3n) is 2.14. The van der Waals surface area contributed by atoms with Crippen LogP contribution in [0.25, 0.3) is 0 Å². The van der Waals surface area contributed by atoms with Gasteiger partial charge in [0.2, 0.25) is 0 Å². The Morgan fingerprint density at radius 3 is 2.65 bits per heavy atom. The lowest BCUT2D eigenvalue weighted by molar-refractivity contribution is 1.14. The molecule has 84 valence electrons. The van der Waals surface area contributed by atoms with Gasteiger partial charge in [0, 0.05) is 16.6 Å². The van der Waals surface area contributed by atoms with E-state index in [1.807, 2.05) is 36.6 Å². The molecule has 0 radical (unpaired) electrons. The van der Waals surface area contributed by atoms with Crippen molar-refractivity contribution >= 4 is 23.3 Å². The fourth-order valence-corrected chi connectivity index (χ4v) is 1.72. The maximum Gasteiger partial charge on any atom is 0.145 e. The van der Waals surface area contributed by atoms with Crippen LogP contribution in [0.3, 0.4) is 0 Å². The number of hydrogen-bond acceptors (Lipinski definition) is 5. The van der Waals surface area contributed by atoms with Crippen molar-refractivity contribution < 1.29 is 0 Å². The van der Waals surface area contributed by atoms with Gasteiger partial charge in [-0.05, 0) is 30.5 Å². The largest absolute Gasteiger partial charge is 0.340 e. The molecule has 0 spiro atoms. The number of benzene rings is 1. The first-order valence-corrected chi connectivity index (χ1v) is 6.17. The van der Waals surface area contributed by atoms with E-state index in [9.17, 15) is 0 Å². The summed E-state index contributed by atoms with van der Waals surface area (Å²) < 4.78 is 0. The Bertz CT molecular complexity index is 545. The molecule has 0 aliphatic carbocycles. The van der Waals surface area contributed by atoms with E-state index in [1.165, 1.54) is 11.2 Å². The standard InChI is InChI=1S/C12H10N4S/c1-17-11-4-2-9(3-5-11)16-12-6-10(7-13)14-8-15-12/h2-6,8H,1H3,(H,14,15,16). The molecule has 5 heteroatoms. The molecular formula is C12H10N4S. The van der Waals surface area contributed by atoms with Crippen molar-refractivity contribution in [2.24, 2.45) is 0 Å². The molecule has 4 nitrogen and oxygen atoms in total. The summed E-state index contributed by atoms with van der Waals surface area (Å²) in [4.78, 5) is 9.06. The highest BCUT2D eigenvalue weighted by atomic mass is 32.2. The van der Waals surface area contributed by atoms with Gasteiger partial charge >= 0.3 is 0 Å². The molecule has 0 unspecified atom stereocenters. The average Bonchev–Trinajstić information content (AvgIpc) is 2.40. The van der Waals surface area contributed by atoms with Gasteiger partial charge in [0.05, 0.1) is 0 Å². The fraction of sp³-hybridized carbons (Fsp3) is 0.0833. The van der Waals surface area contributed by atoms with Gasteiger partial charge in [-0.3, -0.25) is 0 Å². The van der Waals surface area contributed by atoms with Crippen molar-refractivity contribution in [2.45, 2.75) is 4.90 Å². The van der Waals surface area contributed by atoms with Gasteiger partial charge in [-0.15, -0.1) is 11.8 Å². The van der Waals surface area contributed by atoms with E-state index in [1.54, 1.807) is 17.8 Å². The Kier molecular flexibility index (Phi) is 3.58. The number of nitrogens with zero attached hydrogens (tertiary/aromatic N) is 3. The molecule has 0 fully saturated rings. The topological polar surface area (TPSA) is 61.6 Å². The minimum absolute atomic E-state index is 0.350. The van der Waals surface area contributed by atoms with Gasteiger partial charge < -0.3 is 5.32 Å². The molecule has 1 heterocycles. The molecule has 1 N–H and O–H groups in total.